The molecule has 0 aliphatic carbocycles. The van der Waals surface area contributed by atoms with Crippen molar-refractivity contribution < 1.29 is 0 Å². The van der Waals surface area contributed by atoms with Gasteiger partial charge in [0.05, 0.1) is 22.4 Å². The molecule has 2 heterocycles. The van der Waals surface area contributed by atoms with E-state index in [9.17, 15) is 0 Å². The van der Waals surface area contributed by atoms with Gasteiger partial charge in [0, 0.05) is 44.5 Å². The second kappa shape index (κ2) is 16.0. The molecule has 1 aromatic heterocycles. The Kier molecular flexibility index (Phi) is 9.50. The lowest BCUT2D eigenvalue weighted by Crippen LogP contribution is -2.30. The van der Waals surface area contributed by atoms with E-state index in [4.69, 9.17) is 0 Å². The van der Waals surface area contributed by atoms with Crippen molar-refractivity contribution in [2.45, 2.75) is 19.3 Å². The van der Waals surface area contributed by atoms with Crippen LogP contribution in [0.3, 0.4) is 0 Å². The first-order valence-corrected chi connectivity index (χ1v) is 22.8. The number of hydrogen-bond donors (Lipinski definition) is 1. The Morgan fingerprint density at radius 3 is 1.50 bits per heavy atom. The van der Waals surface area contributed by atoms with Gasteiger partial charge in [0.25, 0.3) is 0 Å². The van der Waals surface area contributed by atoms with Gasteiger partial charge in [-0.3, -0.25) is 0 Å². The summed E-state index contributed by atoms with van der Waals surface area (Å²) in [7, 11) is 0. The highest BCUT2D eigenvalue weighted by atomic mass is 15.2. The molecule has 0 amide bonds. The Bertz CT molecular complexity index is 3550. The first-order chi connectivity index (χ1) is 32.5. The van der Waals surface area contributed by atoms with Gasteiger partial charge in [-0.1, -0.05) is 166 Å². The highest BCUT2D eigenvalue weighted by molar-refractivity contribution is 6.10. The lowest BCUT2D eigenvalue weighted by molar-refractivity contribution is 0.632. The number of rotatable bonds is 8. The number of anilines is 5. The molecule has 0 bridgehead atoms. The van der Waals surface area contributed by atoms with E-state index in [0.717, 1.165) is 28.3 Å². The summed E-state index contributed by atoms with van der Waals surface area (Å²) < 4.78 is 2.38. The van der Waals surface area contributed by atoms with Crippen LogP contribution in [0.4, 0.5) is 28.4 Å². The summed E-state index contributed by atoms with van der Waals surface area (Å²) in [4.78, 5) is 2.47. The smallest absolute Gasteiger partial charge is 0.0541 e. The third-order valence-corrected chi connectivity index (χ3v) is 13.6. The number of para-hydroxylation sites is 3. The first kappa shape index (κ1) is 39.2. The lowest BCUT2D eigenvalue weighted by atomic mass is 9.72. The fourth-order valence-electron chi connectivity index (χ4n) is 10.2. The molecule has 11 aromatic rings. The summed E-state index contributed by atoms with van der Waals surface area (Å²) in [5, 5.41) is 6.20. The summed E-state index contributed by atoms with van der Waals surface area (Å²) in [6, 6.07) is 88.3. The van der Waals surface area contributed by atoms with Crippen LogP contribution in [0, 0.1) is 0 Å². The summed E-state index contributed by atoms with van der Waals surface area (Å²) >= 11 is 0. The van der Waals surface area contributed by atoms with Crippen molar-refractivity contribution in [3.05, 3.63) is 254 Å². The van der Waals surface area contributed by atoms with Gasteiger partial charge >= 0.3 is 0 Å². The zero-order chi connectivity index (χ0) is 44.2. The molecule has 1 N–H and O–H groups in total. The monoisotopic (exact) mass is 845 g/mol. The topological polar surface area (TPSA) is 20.2 Å². The summed E-state index contributed by atoms with van der Waals surface area (Å²) in [5.74, 6) is 0. The average molecular weight is 846 g/mol. The van der Waals surface area contributed by atoms with Gasteiger partial charge in [0.1, 0.15) is 0 Å². The van der Waals surface area contributed by atoms with Crippen LogP contribution in [0.5, 0.6) is 0 Å². The number of nitrogens with zero attached hydrogens (tertiary/aromatic N) is 2. The molecule has 3 nitrogen and oxygen atoms in total. The van der Waals surface area contributed by atoms with E-state index >= 15 is 0 Å². The molecule has 0 atom stereocenters. The zero-order valence-electron chi connectivity index (χ0n) is 37.0. The first-order valence-electron chi connectivity index (χ1n) is 22.8. The van der Waals surface area contributed by atoms with Crippen molar-refractivity contribution in [1.82, 2.24) is 4.57 Å². The van der Waals surface area contributed by atoms with Crippen molar-refractivity contribution in [1.29, 1.82) is 0 Å². The number of fused-ring (bicyclic) bond motifs is 5. The van der Waals surface area contributed by atoms with Crippen molar-refractivity contribution in [2.24, 2.45) is 0 Å². The van der Waals surface area contributed by atoms with Crippen molar-refractivity contribution in [3.8, 4) is 50.2 Å². The van der Waals surface area contributed by atoms with E-state index in [1.807, 2.05) is 0 Å². The third kappa shape index (κ3) is 6.76. The van der Waals surface area contributed by atoms with Crippen LogP contribution < -0.4 is 10.2 Å². The van der Waals surface area contributed by atoms with Crippen LogP contribution in [-0.4, -0.2) is 4.57 Å². The molecule has 0 fully saturated rings. The molecule has 66 heavy (non-hydrogen) atoms. The fraction of sp³-hybridized carbons (Fsp3) is 0.0476. The van der Waals surface area contributed by atoms with Gasteiger partial charge in [-0.2, -0.15) is 0 Å². The predicted octanol–water partition coefficient (Wildman–Crippen LogP) is 17.3. The van der Waals surface area contributed by atoms with E-state index in [0.29, 0.717) is 0 Å². The Labute approximate surface area is 386 Å². The van der Waals surface area contributed by atoms with E-state index < -0.39 is 0 Å². The molecular weight excluding hydrogens is 799 g/mol. The van der Waals surface area contributed by atoms with E-state index in [-0.39, 0.29) is 5.41 Å². The van der Waals surface area contributed by atoms with Gasteiger partial charge in [-0.15, -0.1) is 0 Å². The minimum atomic E-state index is -0.332. The number of aromatic nitrogens is 1. The molecule has 1 aliphatic rings. The SMILES string of the molecule is CC1(C)c2cc(-c3ccc(Nc4ccccc4)c(-c4ccccc4)c3)ccc2N(c2ccc(-c3ccccc3)cc2)c2ccc(-c3ccc4c(c3)c3ccccc3n4-c3ccccc3)cc21. The molecule has 12 rings (SSSR count). The van der Waals surface area contributed by atoms with E-state index in [1.54, 1.807) is 0 Å². The maximum atomic E-state index is 3.70. The Balaban J connectivity index is 1.00. The molecule has 0 saturated carbocycles. The maximum Gasteiger partial charge on any atom is 0.0541 e. The zero-order valence-corrected chi connectivity index (χ0v) is 37.0. The standard InChI is InChI=1S/C63H47N3/c1-63(2)56-41-48(46-29-35-58(64-50-21-11-5-12-22-50)54(39-46)45-19-9-4-10-20-45)31-37-61(56)66(52-33-27-44(28-34-52)43-17-7-3-8-18-43)62-38-32-49(42-57(62)63)47-30-36-60-55(40-47)53-25-15-16-26-59(53)65(60)51-23-13-6-14-24-51/h3-42,64H,1-2H3. The highest BCUT2D eigenvalue weighted by Gasteiger charge is 2.37. The minimum Gasteiger partial charge on any atom is -0.355 e. The van der Waals surface area contributed by atoms with Crippen molar-refractivity contribution >= 4 is 50.2 Å². The van der Waals surface area contributed by atoms with Crippen LogP contribution in [0.15, 0.2) is 243 Å². The quantitative estimate of drug-likeness (QED) is 0.164. The van der Waals surface area contributed by atoms with Crippen molar-refractivity contribution in [2.75, 3.05) is 10.2 Å². The minimum absolute atomic E-state index is 0.332. The van der Waals surface area contributed by atoms with Gasteiger partial charge in [0.2, 0.25) is 0 Å². The molecule has 1 aliphatic heterocycles. The van der Waals surface area contributed by atoms with Crippen LogP contribution in [-0.2, 0) is 5.41 Å². The predicted molar refractivity (Wildman–Crippen MR) is 279 cm³/mol. The fourth-order valence-corrected chi connectivity index (χ4v) is 10.2. The normalized spacial score (nSPS) is 12.8. The summed E-state index contributed by atoms with van der Waals surface area (Å²) in [6.07, 6.45) is 0. The molecular formula is C63H47N3. The summed E-state index contributed by atoms with van der Waals surface area (Å²) in [5.41, 5.74) is 21.0. The Morgan fingerprint density at radius 1 is 0.348 bits per heavy atom. The summed E-state index contributed by atoms with van der Waals surface area (Å²) in [6.45, 7) is 4.79. The van der Waals surface area contributed by atoms with E-state index in [2.05, 4.69) is 271 Å². The molecule has 0 radical (unpaired) electrons. The maximum absolute atomic E-state index is 3.70. The highest BCUT2D eigenvalue weighted by Crippen LogP contribution is 2.54. The number of benzene rings is 10. The van der Waals surface area contributed by atoms with Crippen molar-refractivity contribution in [3.63, 3.8) is 0 Å². The molecule has 0 unspecified atom stereocenters. The van der Waals surface area contributed by atoms with E-state index in [1.165, 1.54) is 83.3 Å². The van der Waals surface area contributed by atoms with Gasteiger partial charge in [-0.25, -0.2) is 0 Å². The second-order valence-corrected chi connectivity index (χ2v) is 17.9. The largest absolute Gasteiger partial charge is 0.355 e. The Hall–Kier alpha value is -8.40. The average Bonchev–Trinajstić information content (AvgIpc) is 3.71. The molecule has 3 heteroatoms. The van der Waals surface area contributed by atoms with Crippen LogP contribution in [0.25, 0.3) is 72.0 Å². The molecule has 0 saturated heterocycles. The third-order valence-electron chi connectivity index (χ3n) is 13.6. The van der Waals surface area contributed by atoms with Crippen LogP contribution >= 0.6 is 0 Å². The van der Waals surface area contributed by atoms with Gasteiger partial charge in [-0.05, 0) is 141 Å². The van der Waals surface area contributed by atoms with Gasteiger partial charge < -0.3 is 14.8 Å². The number of hydrogen-bond acceptors (Lipinski definition) is 2. The van der Waals surface area contributed by atoms with Crippen LogP contribution in [0.1, 0.15) is 25.0 Å². The molecule has 10 aromatic carbocycles. The molecule has 0 spiro atoms. The Morgan fingerprint density at radius 2 is 0.833 bits per heavy atom. The molecule has 314 valence electrons. The van der Waals surface area contributed by atoms with Crippen LogP contribution in [0.2, 0.25) is 0 Å². The van der Waals surface area contributed by atoms with Gasteiger partial charge in [0.15, 0.2) is 0 Å². The lowest BCUT2D eigenvalue weighted by Gasteiger charge is -2.42. The number of nitrogens with one attached hydrogen (secondary N) is 1. The second-order valence-electron chi connectivity index (χ2n) is 17.9.